The van der Waals surface area contributed by atoms with Gasteiger partial charge in [-0.25, -0.2) is 9.50 Å². The molecule has 7 nitrogen and oxygen atoms in total. The molecular formula is C17H23N5O2. The van der Waals surface area contributed by atoms with Crippen molar-refractivity contribution in [2.75, 3.05) is 6.54 Å². The molecule has 0 bridgehead atoms. The van der Waals surface area contributed by atoms with Crippen LogP contribution in [-0.4, -0.2) is 38.3 Å². The van der Waals surface area contributed by atoms with Crippen LogP contribution in [-0.2, 0) is 11.2 Å². The highest BCUT2D eigenvalue weighted by atomic mass is 16.3. The fraction of sp³-hybridized carbons (Fsp3) is 0.529. The van der Waals surface area contributed by atoms with E-state index in [0.717, 1.165) is 17.0 Å². The molecule has 1 amide bonds. The molecule has 0 aromatic carbocycles. The first-order valence-corrected chi connectivity index (χ1v) is 8.16. The Morgan fingerprint density at radius 1 is 1.50 bits per heavy atom. The number of nitrogens with one attached hydrogen (secondary N) is 1. The maximum Gasteiger partial charge on any atom is 0.220 e. The van der Waals surface area contributed by atoms with E-state index in [2.05, 4.69) is 21.5 Å². The largest absolute Gasteiger partial charge is 0.393 e. The second-order valence-corrected chi connectivity index (χ2v) is 5.87. The normalized spacial score (nSPS) is 12.1. The molecule has 2 aromatic heterocycles. The second kappa shape index (κ2) is 7.88. The Labute approximate surface area is 141 Å². The Bertz CT molecular complexity index is 775. The van der Waals surface area contributed by atoms with Gasteiger partial charge in [0.25, 0.3) is 0 Å². The van der Waals surface area contributed by atoms with Gasteiger partial charge < -0.3 is 10.4 Å². The quantitative estimate of drug-likeness (QED) is 0.800. The van der Waals surface area contributed by atoms with Gasteiger partial charge in [-0.1, -0.05) is 6.92 Å². The van der Waals surface area contributed by atoms with Gasteiger partial charge in [0.15, 0.2) is 5.65 Å². The standard InChI is InChI=1S/C17H23N5O2/c1-4-14(23)7-8-19-16(24)6-5-15-11(2)21-17-13(9-18)10-20-22(17)12(15)3/h10,14,23H,4-8H2,1-3H3,(H,19,24). The van der Waals surface area contributed by atoms with E-state index in [4.69, 9.17) is 5.26 Å². The Balaban J connectivity index is 2.03. The number of nitriles is 1. The minimum absolute atomic E-state index is 0.0459. The van der Waals surface area contributed by atoms with E-state index in [1.165, 1.54) is 6.20 Å². The number of carbonyl (C=O) groups is 1. The summed E-state index contributed by atoms with van der Waals surface area (Å²) in [6, 6.07) is 2.08. The van der Waals surface area contributed by atoms with Crippen molar-refractivity contribution in [3.63, 3.8) is 0 Å². The lowest BCUT2D eigenvalue weighted by Gasteiger charge is -2.12. The molecule has 2 aromatic rings. The number of hydrogen-bond acceptors (Lipinski definition) is 5. The van der Waals surface area contributed by atoms with Crippen molar-refractivity contribution in [2.45, 2.75) is 52.6 Å². The summed E-state index contributed by atoms with van der Waals surface area (Å²) in [5.74, 6) is -0.0459. The first kappa shape index (κ1) is 17.9. The van der Waals surface area contributed by atoms with Gasteiger partial charge in [0.05, 0.1) is 12.3 Å². The van der Waals surface area contributed by atoms with Crippen LogP contribution < -0.4 is 5.32 Å². The lowest BCUT2D eigenvalue weighted by Crippen LogP contribution is -2.27. The van der Waals surface area contributed by atoms with Crippen molar-refractivity contribution >= 4 is 11.6 Å². The highest BCUT2D eigenvalue weighted by molar-refractivity contribution is 5.76. The van der Waals surface area contributed by atoms with E-state index in [0.29, 0.717) is 43.4 Å². The first-order valence-electron chi connectivity index (χ1n) is 8.16. The van der Waals surface area contributed by atoms with Gasteiger partial charge in [-0.3, -0.25) is 4.79 Å². The molecule has 2 N–H and O–H groups in total. The number of amides is 1. The number of carbonyl (C=O) groups excluding carboxylic acids is 1. The van der Waals surface area contributed by atoms with Crippen LogP contribution in [0.5, 0.6) is 0 Å². The molecule has 2 heterocycles. The van der Waals surface area contributed by atoms with E-state index in [9.17, 15) is 9.90 Å². The van der Waals surface area contributed by atoms with Crippen molar-refractivity contribution in [2.24, 2.45) is 0 Å². The van der Waals surface area contributed by atoms with Crippen LogP contribution in [0.3, 0.4) is 0 Å². The molecule has 0 spiro atoms. The van der Waals surface area contributed by atoms with E-state index < -0.39 is 0 Å². The third-order valence-corrected chi connectivity index (χ3v) is 4.20. The van der Waals surface area contributed by atoms with Crippen LogP contribution in [0.4, 0.5) is 0 Å². The summed E-state index contributed by atoms with van der Waals surface area (Å²) in [5.41, 5.74) is 3.67. The number of hydrogen-bond donors (Lipinski definition) is 2. The van der Waals surface area contributed by atoms with Crippen LogP contribution in [0.15, 0.2) is 6.20 Å². The van der Waals surface area contributed by atoms with Crippen molar-refractivity contribution in [1.82, 2.24) is 19.9 Å². The molecule has 24 heavy (non-hydrogen) atoms. The maximum atomic E-state index is 11.9. The lowest BCUT2D eigenvalue weighted by atomic mass is 10.1. The predicted molar refractivity (Wildman–Crippen MR) is 89.4 cm³/mol. The summed E-state index contributed by atoms with van der Waals surface area (Å²) in [6.45, 7) is 6.19. The average molecular weight is 329 g/mol. The number of rotatable bonds is 7. The van der Waals surface area contributed by atoms with Gasteiger partial charge in [-0.05, 0) is 38.7 Å². The molecule has 0 fully saturated rings. The van der Waals surface area contributed by atoms with Crippen LogP contribution in [0, 0.1) is 25.2 Å². The minimum Gasteiger partial charge on any atom is -0.393 e. The molecule has 1 unspecified atom stereocenters. The van der Waals surface area contributed by atoms with E-state index >= 15 is 0 Å². The summed E-state index contributed by atoms with van der Waals surface area (Å²) in [6.07, 6.45) is 3.31. The molecule has 0 aliphatic heterocycles. The number of aliphatic hydroxyl groups is 1. The van der Waals surface area contributed by atoms with Crippen LogP contribution in [0.25, 0.3) is 5.65 Å². The zero-order valence-corrected chi connectivity index (χ0v) is 14.3. The Kier molecular flexibility index (Phi) is 5.88. The molecule has 0 saturated carbocycles. The summed E-state index contributed by atoms with van der Waals surface area (Å²) in [7, 11) is 0. The van der Waals surface area contributed by atoms with Crippen LogP contribution >= 0.6 is 0 Å². The summed E-state index contributed by atoms with van der Waals surface area (Å²) >= 11 is 0. The van der Waals surface area contributed by atoms with Gasteiger partial charge in [0.1, 0.15) is 11.6 Å². The second-order valence-electron chi connectivity index (χ2n) is 5.87. The fourth-order valence-corrected chi connectivity index (χ4v) is 2.66. The molecule has 0 aliphatic rings. The van der Waals surface area contributed by atoms with Gasteiger partial charge in [-0.15, -0.1) is 0 Å². The number of aryl methyl sites for hydroxylation is 2. The Morgan fingerprint density at radius 3 is 2.92 bits per heavy atom. The molecule has 7 heteroatoms. The van der Waals surface area contributed by atoms with Crippen molar-refractivity contribution in [3.8, 4) is 6.07 Å². The molecule has 2 rings (SSSR count). The molecular weight excluding hydrogens is 306 g/mol. The average Bonchev–Trinajstić information content (AvgIpc) is 2.97. The van der Waals surface area contributed by atoms with E-state index in [1.54, 1.807) is 4.52 Å². The first-order chi connectivity index (χ1) is 11.5. The van der Waals surface area contributed by atoms with Gasteiger partial charge in [0, 0.05) is 24.4 Å². The fourth-order valence-electron chi connectivity index (χ4n) is 2.66. The molecule has 1 atom stereocenters. The Hall–Kier alpha value is -2.46. The third-order valence-electron chi connectivity index (χ3n) is 4.20. The molecule has 0 aliphatic carbocycles. The highest BCUT2D eigenvalue weighted by Gasteiger charge is 2.14. The summed E-state index contributed by atoms with van der Waals surface area (Å²) < 4.78 is 1.65. The predicted octanol–water partition coefficient (Wildman–Crippen LogP) is 1.43. The summed E-state index contributed by atoms with van der Waals surface area (Å²) in [4.78, 5) is 16.4. The lowest BCUT2D eigenvalue weighted by molar-refractivity contribution is -0.121. The number of aromatic nitrogens is 3. The van der Waals surface area contributed by atoms with E-state index in [1.807, 2.05) is 20.8 Å². The van der Waals surface area contributed by atoms with Crippen molar-refractivity contribution in [3.05, 3.63) is 28.7 Å². The molecule has 0 saturated heterocycles. The Morgan fingerprint density at radius 2 is 2.25 bits per heavy atom. The van der Waals surface area contributed by atoms with E-state index in [-0.39, 0.29) is 12.0 Å². The zero-order valence-electron chi connectivity index (χ0n) is 14.3. The van der Waals surface area contributed by atoms with Crippen molar-refractivity contribution in [1.29, 1.82) is 5.26 Å². The zero-order chi connectivity index (χ0) is 17.7. The van der Waals surface area contributed by atoms with Crippen molar-refractivity contribution < 1.29 is 9.90 Å². The molecule has 128 valence electrons. The molecule has 0 radical (unpaired) electrons. The monoisotopic (exact) mass is 329 g/mol. The number of fused-ring (bicyclic) bond motifs is 1. The van der Waals surface area contributed by atoms with Gasteiger partial charge in [-0.2, -0.15) is 10.4 Å². The topological polar surface area (TPSA) is 103 Å². The SMILES string of the molecule is CCC(O)CCNC(=O)CCc1c(C)nc2c(C#N)cnn2c1C. The minimum atomic E-state index is -0.365. The van der Waals surface area contributed by atoms with Crippen LogP contribution in [0.2, 0.25) is 0 Å². The smallest absolute Gasteiger partial charge is 0.220 e. The third kappa shape index (κ3) is 3.89. The number of aliphatic hydroxyl groups excluding tert-OH is 1. The van der Waals surface area contributed by atoms with Gasteiger partial charge >= 0.3 is 0 Å². The van der Waals surface area contributed by atoms with Gasteiger partial charge in [0.2, 0.25) is 5.91 Å². The maximum absolute atomic E-state index is 11.9. The highest BCUT2D eigenvalue weighted by Crippen LogP contribution is 2.18. The van der Waals surface area contributed by atoms with Crippen LogP contribution in [0.1, 0.15) is 48.7 Å². The number of nitrogens with zero attached hydrogens (tertiary/aromatic N) is 4. The summed E-state index contributed by atoms with van der Waals surface area (Å²) in [5, 5.41) is 25.6.